The molecule has 1 aliphatic carbocycles. The van der Waals surface area contributed by atoms with E-state index < -0.39 is 23.2 Å². The van der Waals surface area contributed by atoms with Crippen LogP contribution in [0.1, 0.15) is 30.6 Å². The van der Waals surface area contributed by atoms with Gasteiger partial charge >= 0.3 is 5.97 Å². The molecule has 1 aromatic rings. The summed E-state index contributed by atoms with van der Waals surface area (Å²) in [6.07, 6.45) is 0.685. The lowest BCUT2D eigenvalue weighted by Gasteiger charge is -2.10. The van der Waals surface area contributed by atoms with E-state index in [4.69, 9.17) is 5.11 Å². The van der Waals surface area contributed by atoms with Gasteiger partial charge in [0, 0.05) is 12.0 Å². The van der Waals surface area contributed by atoms with Gasteiger partial charge in [0.15, 0.2) is 11.6 Å². The fourth-order valence-corrected chi connectivity index (χ4v) is 1.96. The number of rotatable bonds is 3. The number of halogens is 2. The highest BCUT2D eigenvalue weighted by Crippen LogP contribution is 2.52. The molecule has 0 aromatic heterocycles. The summed E-state index contributed by atoms with van der Waals surface area (Å²) >= 11 is 0. The summed E-state index contributed by atoms with van der Waals surface area (Å²) in [7, 11) is 0. The molecular weight excluding hydrogens is 256 g/mol. The van der Waals surface area contributed by atoms with Gasteiger partial charge in [-0.3, -0.25) is 4.79 Å². The molecule has 102 valence electrons. The first-order valence-corrected chi connectivity index (χ1v) is 5.75. The maximum absolute atomic E-state index is 13.1. The molecule has 0 spiro atoms. The number of amides is 1. The molecule has 1 fully saturated rings. The van der Waals surface area contributed by atoms with Gasteiger partial charge in [-0.25, -0.2) is 13.6 Å². The maximum atomic E-state index is 13.1. The number of aromatic carboxylic acids is 1. The van der Waals surface area contributed by atoms with Crippen LogP contribution >= 0.6 is 0 Å². The lowest BCUT2D eigenvalue weighted by atomic mass is 10.1. The summed E-state index contributed by atoms with van der Waals surface area (Å²) in [5.41, 5.74) is -0.823. The van der Waals surface area contributed by atoms with Crippen molar-refractivity contribution in [3.63, 3.8) is 0 Å². The van der Waals surface area contributed by atoms with Crippen molar-refractivity contribution >= 4 is 17.6 Å². The summed E-state index contributed by atoms with van der Waals surface area (Å²) in [6.45, 7) is 3.81. The normalized spacial score (nSPS) is 19.9. The molecule has 0 saturated heterocycles. The predicted molar refractivity (Wildman–Crippen MR) is 63.8 cm³/mol. The summed E-state index contributed by atoms with van der Waals surface area (Å²) in [5.74, 6) is -4.50. The Morgan fingerprint density at radius 2 is 1.84 bits per heavy atom. The summed E-state index contributed by atoms with van der Waals surface area (Å²) < 4.78 is 26.1. The van der Waals surface area contributed by atoms with Crippen LogP contribution in [0.15, 0.2) is 12.1 Å². The van der Waals surface area contributed by atoms with Crippen LogP contribution in [-0.2, 0) is 4.79 Å². The monoisotopic (exact) mass is 269 g/mol. The third-order valence-corrected chi connectivity index (χ3v) is 3.38. The summed E-state index contributed by atoms with van der Waals surface area (Å²) in [4.78, 5) is 22.8. The molecule has 2 rings (SSSR count). The zero-order chi connectivity index (χ0) is 14.4. The van der Waals surface area contributed by atoms with Crippen molar-refractivity contribution in [1.82, 2.24) is 0 Å². The van der Waals surface area contributed by atoms with E-state index in [-0.39, 0.29) is 22.9 Å². The number of carbonyl (C=O) groups excluding carboxylic acids is 1. The van der Waals surface area contributed by atoms with E-state index in [9.17, 15) is 18.4 Å². The topological polar surface area (TPSA) is 66.4 Å². The minimum atomic E-state index is -1.43. The molecule has 1 amide bonds. The third-order valence-electron chi connectivity index (χ3n) is 3.38. The molecule has 2 N–H and O–H groups in total. The molecule has 0 aliphatic heterocycles. The van der Waals surface area contributed by atoms with Gasteiger partial charge in [0.1, 0.15) is 0 Å². The Morgan fingerprint density at radius 3 is 2.32 bits per heavy atom. The Hall–Kier alpha value is -1.98. The van der Waals surface area contributed by atoms with Gasteiger partial charge in [0.25, 0.3) is 0 Å². The lowest BCUT2D eigenvalue weighted by molar-refractivity contribution is -0.118. The van der Waals surface area contributed by atoms with Gasteiger partial charge < -0.3 is 10.4 Å². The highest BCUT2D eigenvalue weighted by Gasteiger charge is 2.50. The smallest absolute Gasteiger partial charge is 0.337 e. The summed E-state index contributed by atoms with van der Waals surface area (Å²) in [6, 6.07) is 1.25. The standard InChI is InChI=1S/C13H13F2NO3/c1-13(2)5-7(13)11(17)16-10-4-9(15)8(14)3-6(10)12(18)19/h3-4,7H,5H2,1-2H3,(H,16,17)(H,18,19). The molecule has 1 unspecified atom stereocenters. The van der Waals surface area contributed by atoms with E-state index in [2.05, 4.69) is 5.32 Å². The molecule has 19 heavy (non-hydrogen) atoms. The number of hydrogen-bond donors (Lipinski definition) is 2. The molecule has 0 radical (unpaired) electrons. The van der Waals surface area contributed by atoms with Gasteiger partial charge in [0.05, 0.1) is 11.3 Å². The van der Waals surface area contributed by atoms with Crippen LogP contribution in [0.25, 0.3) is 0 Å². The number of carboxylic acids is 1. The minimum Gasteiger partial charge on any atom is -0.478 e. The van der Waals surface area contributed by atoms with E-state index in [1.54, 1.807) is 0 Å². The van der Waals surface area contributed by atoms with E-state index >= 15 is 0 Å². The van der Waals surface area contributed by atoms with Crippen molar-refractivity contribution < 1.29 is 23.5 Å². The first kappa shape index (κ1) is 13.5. The average molecular weight is 269 g/mol. The second-order valence-electron chi connectivity index (χ2n) is 5.35. The van der Waals surface area contributed by atoms with Crippen molar-refractivity contribution in [2.75, 3.05) is 5.32 Å². The van der Waals surface area contributed by atoms with Gasteiger partial charge in [-0.1, -0.05) is 13.8 Å². The lowest BCUT2D eigenvalue weighted by Crippen LogP contribution is -2.19. The van der Waals surface area contributed by atoms with Crippen LogP contribution in [0.2, 0.25) is 0 Å². The highest BCUT2D eigenvalue weighted by molar-refractivity contribution is 6.02. The molecule has 4 nitrogen and oxygen atoms in total. The fourth-order valence-electron chi connectivity index (χ4n) is 1.96. The Balaban J connectivity index is 2.27. The second kappa shape index (κ2) is 4.29. The number of nitrogens with one attached hydrogen (secondary N) is 1. The quantitative estimate of drug-likeness (QED) is 0.886. The predicted octanol–water partition coefficient (Wildman–Crippen LogP) is 2.65. The van der Waals surface area contributed by atoms with Crippen LogP contribution < -0.4 is 5.32 Å². The highest BCUT2D eigenvalue weighted by atomic mass is 19.2. The van der Waals surface area contributed by atoms with Crippen molar-refractivity contribution in [3.05, 3.63) is 29.3 Å². The molecule has 0 heterocycles. The first-order valence-electron chi connectivity index (χ1n) is 5.75. The zero-order valence-corrected chi connectivity index (χ0v) is 10.5. The number of carboxylic acid groups (broad SMARTS) is 1. The molecule has 1 aliphatic rings. The number of anilines is 1. The van der Waals surface area contributed by atoms with Gasteiger partial charge in [0.2, 0.25) is 5.91 Å². The molecule has 6 heteroatoms. The third kappa shape index (κ3) is 2.57. The Labute approximate surface area is 108 Å². The van der Waals surface area contributed by atoms with Crippen molar-refractivity contribution in [1.29, 1.82) is 0 Å². The van der Waals surface area contributed by atoms with Crippen molar-refractivity contribution in [3.8, 4) is 0 Å². The number of carbonyl (C=O) groups is 2. The van der Waals surface area contributed by atoms with E-state index in [0.29, 0.717) is 18.6 Å². The van der Waals surface area contributed by atoms with Crippen LogP contribution in [-0.4, -0.2) is 17.0 Å². The van der Waals surface area contributed by atoms with Crippen molar-refractivity contribution in [2.45, 2.75) is 20.3 Å². The molecule has 1 aromatic carbocycles. The van der Waals surface area contributed by atoms with Gasteiger partial charge in [-0.05, 0) is 17.9 Å². The Kier molecular flexibility index (Phi) is 3.04. The van der Waals surface area contributed by atoms with E-state index in [0.717, 1.165) is 0 Å². The molecular formula is C13H13F2NO3. The van der Waals surface area contributed by atoms with Crippen LogP contribution in [0.4, 0.5) is 14.5 Å². The molecule has 1 saturated carbocycles. The second-order valence-corrected chi connectivity index (χ2v) is 5.35. The fraction of sp³-hybridized carbons (Fsp3) is 0.385. The number of benzene rings is 1. The van der Waals surface area contributed by atoms with Gasteiger partial charge in [-0.15, -0.1) is 0 Å². The zero-order valence-electron chi connectivity index (χ0n) is 10.5. The van der Waals surface area contributed by atoms with Crippen molar-refractivity contribution in [2.24, 2.45) is 11.3 Å². The van der Waals surface area contributed by atoms with Crippen LogP contribution in [0, 0.1) is 23.0 Å². The minimum absolute atomic E-state index is 0.133. The van der Waals surface area contributed by atoms with E-state index in [1.807, 2.05) is 13.8 Å². The van der Waals surface area contributed by atoms with E-state index in [1.165, 1.54) is 0 Å². The SMILES string of the molecule is CC1(C)CC1C(=O)Nc1cc(F)c(F)cc1C(=O)O. The maximum Gasteiger partial charge on any atom is 0.337 e. The number of hydrogen-bond acceptors (Lipinski definition) is 2. The Morgan fingerprint density at radius 1 is 1.32 bits per heavy atom. The van der Waals surface area contributed by atoms with Crippen LogP contribution in [0.3, 0.4) is 0 Å². The Bertz CT molecular complexity index is 569. The average Bonchev–Trinajstić information content (AvgIpc) is 2.92. The van der Waals surface area contributed by atoms with Gasteiger partial charge in [-0.2, -0.15) is 0 Å². The first-order chi connectivity index (χ1) is 8.72. The molecule has 1 atom stereocenters. The summed E-state index contributed by atoms with van der Waals surface area (Å²) in [5, 5.41) is 11.3. The largest absolute Gasteiger partial charge is 0.478 e. The molecule has 0 bridgehead atoms. The van der Waals surface area contributed by atoms with Crippen LogP contribution in [0.5, 0.6) is 0 Å².